The van der Waals surface area contributed by atoms with Crippen molar-refractivity contribution < 1.29 is 14.3 Å². The van der Waals surface area contributed by atoms with Crippen LogP contribution in [-0.4, -0.2) is 18.9 Å². The molecular formula is C17H17ClN2O3. The zero-order valence-corrected chi connectivity index (χ0v) is 13.6. The van der Waals surface area contributed by atoms with Gasteiger partial charge in [0.2, 0.25) is 11.8 Å². The summed E-state index contributed by atoms with van der Waals surface area (Å²) in [4.78, 5) is 23.3. The van der Waals surface area contributed by atoms with E-state index in [1.54, 1.807) is 49.6 Å². The Hall–Kier alpha value is -2.53. The van der Waals surface area contributed by atoms with Crippen LogP contribution in [0.25, 0.3) is 0 Å². The summed E-state index contributed by atoms with van der Waals surface area (Å²) in [6, 6.07) is 12.1. The number of benzene rings is 2. The van der Waals surface area contributed by atoms with Crippen LogP contribution in [0.2, 0.25) is 5.02 Å². The fraction of sp³-hybridized carbons (Fsp3) is 0.176. The number of carbonyl (C=O) groups excluding carboxylic acids is 2. The van der Waals surface area contributed by atoms with Gasteiger partial charge in [-0.25, -0.2) is 0 Å². The lowest BCUT2D eigenvalue weighted by atomic mass is 10.1. The Kier molecular flexibility index (Phi) is 5.60. The summed E-state index contributed by atoms with van der Waals surface area (Å²) in [6.45, 7) is 1.43. The minimum absolute atomic E-state index is 0.133. The van der Waals surface area contributed by atoms with E-state index in [4.69, 9.17) is 16.3 Å². The topological polar surface area (TPSA) is 67.4 Å². The second-order valence-electron chi connectivity index (χ2n) is 4.94. The van der Waals surface area contributed by atoms with Gasteiger partial charge in [0.25, 0.3) is 0 Å². The molecule has 0 radical (unpaired) electrons. The third kappa shape index (κ3) is 5.00. The van der Waals surface area contributed by atoms with Gasteiger partial charge in [0, 0.05) is 28.9 Å². The number of rotatable bonds is 5. The lowest BCUT2D eigenvalue weighted by molar-refractivity contribution is -0.116. The summed E-state index contributed by atoms with van der Waals surface area (Å²) in [7, 11) is 1.54. The van der Waals surface area contributed by atoms with E-state index in [1.165, 1.54) is 6.92 Å². The van der Waals surface area contributed by atoms with Crippen LogP contribution >= 0.6 is 11.6 Å². The van der Waals surface area contributed by atoms with E-state index < -0.39 is 0 Å². The van der Waals surface area contributed by atoms with E-state index in [2.05, 4.69) is 10.6 Å². The molecule has 2 aromatic rings. The normalized spacial score (nSPS) is 10.0. The molecule has 2 aromatic carbocycles. The highest BCUT2D eigenvalue weighted by Crippen LogP contribution is 2.23. The molecule has 2 rings (SSSR count). The van der Waals surface area contributed by atoms with Crippen LogP contribution < -0.4 is 15.4 Å². The minimum Gasteiger partial charge on any atom is -0.496 e. The van der Waals surface area contributed by atoms with Gasteiger partial charge in [-0.2, -0.15) is 0 Å². The van der Waals surface area contributed by atoms with Gasteiger partial charge < -0.3 is 15.4 Å². The second-order valence-corrected chi connectivity index (χ2v) is 5.38. The minimum atomic E-state index is -0.203. The number of hydrogen-bond donors (Lipinski definition) is 2. The molecule has 0 aliphatic rings. The lowest BCUT2D eigenvalue weighted by Gasteiger charge is -2.10. The van der Waals surface area contributed by atoms with Crippen LogP contribution in [-0.2, 0) is 16.0 Å². The first-order chi connectivity index (χ1) is 11.0. The number of amides is 2. The van der Waals surface area contributed by atoms with Crippen molar-refractivity contribution in [1.29, 1.82) is 0 Å². The average Bonchev–Trinajstić information content (AvgIpc) is 2.47. The van der Waals surface area contributed by atoms with Crippen molar-refractivity contribution in [2.24, 2.45) is 0 Å². The summed E-state index contributed by atoms with van der Waals surface area (Å²) in [6.07, 6.45) is 0.133. The molecule has 0 aliphatic carbocycles. The molecule has 0 aromatic heterocycles. The molecule has 0 saturated heterocycles. The molecule has 0 fully saturated rings. The maximum Gasteiger partial charge on any atom is 0.228 e. The van der Waals surface area contributed by atoms with E-state index in [0.717, 1.165) is 0 Å². The standard InChI is InChI=1S/C17H17ClN2O3/c1-11(21)19-14-4-3-5-15(10-14)20-17(22)9-12-8-13(18)6-7-16(12)23-2/h3-8,10H,9H2,1-2H3,(H,19,21)(H,20,22). The van der Waals surface area contributed by atoms with Gasteiger partial charge in [-0.3, -0.25) is 9.59 Å². The molecular weight excluding hydrogens is 316 g/mol. The highest BCUT2D eigenvalue weighted by atomic mass is 35.5. The van der Waals surface area contributed by atoms with E-state index in [-0.39, 0.29) is 18.2 Å². The van der Waals surface area contributed by atoms with Crippen molar-refractivity contribution in [3.05, 3.63) is 53.1 Å². The van der Waals surface area contributed by atoms with E-state index in [0.29, 0.717) is 27.7 Å². The summed E-state index contributed by atoms with van der Waals surface area (Å²) >= 11 is 5.96. The number of anilines is 2. The summed E-state index contributed by atoms with van der Waals surface area (Å²) < 4.78 is 5.23. The number of halogens is 1. The number of carbonyl (C=O) groups is 2. The Labute approximate surface area is 139 Å². The highest BCUT2D eigenvalue weighted by molar-refractivity contribution is 6.30. The summed E-state index contributed by atoms with van der Waals surface area (Å²) in [5.41, 5.74) is 1.92. The van der Waals surface area contributed by atoms with Crippen molar-refractivity contribution >= 4 is 34.8 Å². The van der Waals surface area contributed by atoms with Crippen molar-refractivity contribution in [3.63, 3.8) is 0 Å². The van der Waals surface area contributed by atoms with Crippen LogP contribution in [0.3, 0.4) is 0 Å². The van der Waals surface area contributed by atoms with Gasteiger partial charge in [0.15, 0.2) is 0 Å². The second kappa shape index (κ2) is 7.65. The molecule has 6 heteroatoms. The van der Waals surface area contributed by atoms with Gasteiger partial charge in [0.05, 0.1) is 13.5 Å². The Balaban J connectivity index is 2.08. The molecule has 0 aliphatic heterocycles. The summed E-state index contributed by atoms with van der Waals surface area (Å²) in [5.74, 6) is 0.235. The first-order valence-electron chi connectivity index (χ1n) is 6.98. The number of methoxy groups -OCH3 is 1. The molecule has 0 bridgehead atoms. The molecule has 5 nitrogen and oxygen atoms in total. The molecule has 0 saturated carbocycles. The maximum absolute atomic E-state index is 12.2. The van der Waals surface area contributed by atoms with Crippen molar-refractivity contribution in [2.75, 3.05) is 17.7 Å². The number of ether oxygens (including phenoxy) is 1. The SMILES string of the molecule is COc1ccc(Cl)cc1CC(=O)Nc1cccc(NC(C)=O)c1. The molecule has 0 atom stereocenters. The fourth-order valence-corrected chi connectivity index (χ4v) is 2.34. The van der Waals surface area contributed by atoms with Crippen molar-refractivity contribution in [3.8, 4) is 5.75 Å². The Morgan fingerprint density at radius 3 is 2.43 bits per heavy atom. The van der Waals surface area contributed by atoms with Crippen LogP contribution in [0.1, 0.15) is 12.5 Å². The molecule has 0 unspecified atom stereocenters. The highest BCUT2D eigenvalue weighted by Gasteiger charge is 2.10. The first kappa shape index (κ1) is 16.8. The molecule has 0 spiro atoms. The molecule has 23 heavy (non-hydrogen) atoms. The largest absolute Gasteiger partial charge is 0.496 e. The number of nitrogens with one attached hydrogen (secondary N) is 2. The predicted octanol–water partition coefficient (Wildman–Crippen LogP) is 3.49. The molecule has 2 N–H and O–H groups in total. The average molecular weight is 333 g/mol. The summed E-state index contributed by atoms with van der Waals surface area (Å²) in [5, 5.41) is 5.99. The molecule has 2 amide bonds. The molecule has 120 valence electrons. The zero-order chi connectivity index (χ0) is 16.8. The van der Waals surface area contributed by atoms with Crippen molar-refractivity contribution in [2.45, 2.75) is 13.3 Å². The monoisotopic (exact) mass is 332 g/mol. The van der Waals surface area contributed by atoms with Gasteiger partial charge in [0.1, 0.15) is 5.75 Å². The lowest BCUT2D eigenvalue weighted by Crippen LogP contribution is -2.15. The van der Waals surface area contributed by atoms with Gasteiger partial charge in [-0.15, -0.1) is 0 Å². The zero-order valence-electron chi connectivity index (χ0n) is 12.9. The Morgan fingerprint density at radius 2 is 1.78 bits per heavy atom. The van der Waals surface area contributed by atoms with Crippen LogP contribution in [0.4, 0.5) is 11.4 Å². The smallest absolute Gasteiger partial charge is 0.228 e. The Bertz CT molecular complexity index is 732. The van der Waals surface area contributed by atoms with Crippen LogP contribution in [0.5, 0.6) is 5.75 Å². The number of hydrogen-bond acceptors (Lipinski definition) is 3. The molecule has 0 heterocycles. The predicted molar refractivity (Wildman–Crippen MR) is 91.1 cm³/mol. The van der Waals surface area contributed by atoms with E-state index in [1.807, 2.05) is 0 Å². The third-order valence-corrected chi connectivity index (χ3v) is 3.30. The maximum atomic E-state index is 12.2. The van der Waals surface area contributed by atoms with Gasteiger partial charge >= 0.3 is 0 Å². The third-order valence-electron chi connectivity index (χ3n) is 3.06. The van der Waals surface area contributed by atoms with Gasteiger partial charge in [-0.1, -0.05) is 17.7 Å². The van der Waals surface area contributed by atoms with Crippen molar-refractivity contribution in [1.82, 2.24) is 0 Å². The fourth-order valence-electron chi connectivity index (χ4n) is 2.14. The van der Waals surface area contributed by atoms with Crippen LogP contribution in [0, 0.1) is 0 Å². The van der Waals surface area contributed by atoms with Crippen LogP contribution in [0.15, 0.2) is 42.5 Å². The van der Waals surface area contributed by atoms with Gasteiger partial charge in [-0.05, 0) is 36.4 Å². The Morgan fingerprint density at radius 1 is 1.09 bits per heavy atom. The van der Waals surface area contributed by atoms with E-state index in [9.17, 15) is 9.59 Å². The first-order valence-corrected chi connectivity index (χ1v) is 7.35. The quantitative estimate of drug-likeness (QED) is 0.880. The van der Waals surface area contributed by atoms with E-state index >= 15 is 0 Å².